The Labute approximate surface area is 168 Å². The predicted octanol–water partition coefficient (Wildman–Crippen LogP) is 3.61. The molecule has 0 unspecified atom stereocenters. The van der Waals surface area contributed by atoms with Gasteiger partial charge in [-0.05, 0) is 48.1 Å². The molecule has 144 valence electrons. The van der Waals surface area contributed by atoms with Crippen LogP contribution in [0.3, 0.4) is 0 Å². The molecule has 2 aliphatic rings. The number of likely N-dealkylation sites (tertiary alicyclic amines) is 1. The minimum Gasteiger partial charge on any atom is -0.339 e. The first-order valence-corrected chi connectivity index (χ1v) is 11.0. The third kappa shape index (κ3) is 3.56. The highest BCUT2D eigenvalue weighted by Crippen LogP contribution is 2.41. The molecule has 5 heterocycles. The second-order valence-corrected chi connectivity index (χ2v) is 8.71. The van der Waals surface area contributed by atoms with Gasteiger partial charge in [0, 0.05) is 55.4 Å². The molecular weight excluding hydrogens is 370 g/mol. The standard InChI is InChI=1S/C21H23N5OS/c1-2-16(12-23-7-1)18-13-26(17-5-10-28-11-6-17)14-19(18)21-24-20(25-27-21)15-3-8-22-9-4-15/h1-4,7-9,12,17-19H,5-6,10-11,13-14H2/t18-,19+/m0/s1. The highest BCUT2D eigenvalue weighted by molar-refractivity contribution is 7.99. The molecule has 28 heavy (non-hydrogen) atoms. The second kappa shape index (κ2) is 8.01. The summed E-state index contributed by atoms with van der Waals surface area (Å²) in [6.45, 7) is 1.99. The van der Waals surface area contributed by atoms with E-state index in [0.717, 1.165) is 24.5 Å². The van der Waals surface area contributed by atoms with Gasteiger partial charge in [-0.2, -0.15) is 16.7 Å². The fourth-order valence-electron chi connectivity index (χ4n) is 4.37. The lowest BCUT2D eigenvalue weighted by atomic mass is 9.90. The van der Waals surface area contributed by atoms with E-state index in [2.05, 4.69) is 37.9 Å². The Morgan fingerprint density at radius 3 is 2.57 bits per heavy atom. The summed E-state index contributed by atoms with van der Waals surface area (Å²) in [6, 6.07) is 8.67. The smallest absolute Gasteiger partial charge is 0.232 e. The van der Waals surface area contributed by atoms with E-state index >= 15 is 0 Å². The Morgan fingerprint density at radius 2 is 1.79 bits per heavy atom. The maximum absolute atomic E-state index is 5.76. The molecule has 2 fully saturated rings. The van der Waals surface area contributed by atoms with E-state index in [4.69, 9.17) is 9.51 Å². The van der Waals surface area contributed by atoms with Gasteiger partial charge in [0.05, 0.1) is 5.92 Å². The molecule has 2 saturated heterocycles. The Morgan fingerprint density at radius 1 is 0.964 bits per heavy atom. The average molecular weight is 394 g/mol. The zero-order valence-electron chi connectivity index (χ0n) is 15.6. The number of hydrogen-bond acceptors (Lipinski definition) is 7. The monoisotopic (exact) mass is 393 g/mol. The average Bonchev–Trinajstić information content (AvgIpc) is 3.43. The molecule has 0 amide bonds. The molecule has 6 nitrogen and oxygen atoms in total. The van der Waals surface area contributed by atoms with Gasteiger partial charge in [-0.1, -0.05) is 11.2 Å². The number of rotatable bonds is 4. The van der Waals surface area contributed by atoms with Crippen LogP contribution >= 0.6 is 11.8 Å². The molecule has 5 rings (SSSR count). The topological polar surface area (TPSA) is 67.9 Å². The van der Waals surface area contributed by atoms with Gasteiger partial charge in [0.1, 0.15) is 0 Å². The molecule has 0 saturated carbocycles. The van der Waals surface area contributed by atoms with Gasteiger partial charge in [-0.3, -0.25) is 14.9 Å². The van der Waals surface area contributed by atoms with Crippen molar-refractivity contribution in [2.45, 2.75) is 30.7 Å². The summed E-state index contributed by atoms with van der Waals surface area (Å²) >= 11 is 2.07. The number of aromatic nitrogens is 4. The minimum atomic E-state index is 0.196. The molecule has 3 aromatic heterocycles. The van der Waals surface area contributed by atoms with E-state index in [1.165, 1.54) is 29.9 Å². The van der Waals surface area contributed by atoms with Crippen molar-refractivity contribution < 1.29 is 4.52 Å². The third-order valence-corrected chi connectivity index (χ3v) is 6.91. The molecule has 7 heteroatoms. The van der Waals surface area contributed by atoms with Gasteiger partial charge in [0.2, 0.25) is 11.7 Å². The lowest BCUT2D eigenvalue weighted by molar-refractivity contribution is 0.221. The molecular formula is C21H23N5OS. The molecule has 0 radical (unpaired) electrons. The summed E-state index contributed by atoms with van der Waals surface area (Å²) < 4.78 is 5.76. The largest absolute Gasteiger partial charge is 0.339 e. The van der Waals surface area contributed by atoms with Gasteiger partial charge in [0.15, 0.2) is 0 Å². The van der Waals surface area contributed by atoms with Crippen molar-refractivity contribution in [3.63, 3.8) is 0 Å². The van der Waals surface area contributed by atoms with Crippen LogP contribution in [-0.4, -0.2) is 55.6 Å². The van der Waals surface area contributed by atoms with Crippen molar-refractivity contribution in [1.29, 1.82) is 0 Å². The molecule has 3 aromatic rings. The van der Waals surface area contributed by atoms with Crippen molar-refractivity contribution in [2.24, 2.45) is 0 Å². The van der Waals surface area contributed by atoms with Gasteiger partial charge < -0.3 is 4.52 Å². The lowest BCUT2D eigenvalue weighted by Crippen LogP contribution is -2.36. The van der Waals surface area contributed by atoms with Crippen molar-refractivity contribution in [3.05, 3.63) is 60.5 Å². The van der Waals surface area contributed by atoms with Gasteiger partial charge >= 0.3 is 0 Å². The summed E-state index contributed by atoms with van der Waals surface area (Å²) in [7, 11) is 0. The molecule has 0 bridgehead atoms. The van der Waals surface area contributed by atoms with Crippen LogP contribution in [0.15, 0.2) is 53.6 Å². The summed E-state index contributed by atoms with van der Waals surface area (Å²) in [5.41, 5.74) is 2.19. The van der Waals surface area contributed by atoms with Gasteiger partial charge in [-0.15, -0.1) is 0 Å². The molecule has 0 spiro atoms. The van der Waals surface area contributed by atoms with Crippen molar-refractivity contribution >= 4 is 11.8 Å². The fourth-order valence-corrected chi connectivity index (χ4v) is 5.45. The maximum Gasteiger partial charge on any atom is 0.232 e. The fraction of sp³-hybridized carbons (Fsp3) is 0.429. The summed E-state index contributed by atoms with van der Waals surface area (Å²) in [4.78, 5) is 15.8. The summed E-state index contributed by atoms with van der Waals surface area (Å²) in [5, 5.41) is 4.25. The van der Waals surface area contributed by atoms with Crippen LogP contribution in [0.4, 0.5) is 0 Å². The SMILES string of the molecule is c1cncc([C@@H]2CN(C3CCSCC3)C[C@H]2c2nc(-c3ccncc3)no2)c1. The summed E-state index contributed by atoms with van der Waals surface area (Å²) in [6.07, 6.45) is 9.85. The highest BCUT2D eigenvalue weighted by atomic mass is 32.2. The molecule has 0 aromatic carbocycles. The minimum absolute atomic E-state index is 0.196. The van der Waals surface area contributed by atoms with E-state index in [1.54, 1.807) is 12.4 Å². The normalized spacial score (nSPS) is 23.9. The maximum atomic E-state index is 5.76. The Hall–Kier alpha value is -2.25. The van der Waals surface area contributed by atoms with Crippen LogP contribution < -0.4 is 0 Å². The van der Waals surface area contributed by atoms with Crippen LogP contribution in [0.5, 0.6) is 0 Å². The number of thioether (sulfide) groups is 1. The van der Waals surface area contributed by atoms with Crippen LogP contribution in [0.1, 0.15) is 36.1 Å². The zero-order valence-corrected chi connectivity index (χ0v) is 16.5. The first-order chi connectivity index (χ1) is 13.9. The number of pyridine rings is 2. The Balaban J connectivity index is 1.44. The first kappa shape index (κ1) is 17.8. The van der Waals surface area contributed by atoms with Gasteiger partial charge in [-0.25, -0.2) is 0 Å². The Kier molecular flexibility index (Phi) is 5.10. The predicted molar refractivity (Wildman–Crippen MR) is 109 cm³/mol. The molecule has 2 atom stereocenters. The third-order valence-electron chi connectivity index (χ3n) is 5.87. The van der Waals surface area contributed by atoms with Crippen LogP contribution in [-0.2, 0) is 0 Å². The van der Waals surface area contributed by atoms with Gasteiger partial charge in [0.25, 0.3) is 0 Å². The number of hydrogen-bond donors (Lipinski definition) is 0. The van der Waals surface area contributed by atoms with Crippen molar-refractivity contribution in [2.75, 3.05) is 24.6 Å². The van der Waals surface area contributed by atoms with Crippen LogP contribution in [0, 0.1) is 0 Å². The van der Waals surface area contributed by atoms with Crippen molar-refractivity contribution in [3.8, 4) is 11.4 Å². The molecule has 0 aliphatic carbocycles. The second-order valence-electron chi connectivity index (χ2n) is 7.49. The van der Waals surface area contributed by atoms with E-state index in [-0.39, 0.29) is 5.92 Å². The van der Waals surface area contributed by atoms with Crippen molar-refractivity contribution in [1.82, 2.24) is 25.0 Å². The van der Waals surface area contributed by atoms with E-state index in [0.29, 0.717) is 17.8 Å². The van der Waals surface area contributed by atoms with Crippen LogP contribution in [0.25, 0.3) is 11.4 Å². The number of nitrogens with zero attached hydrogens (tertiary/aromatic N) is 5. The summed E-state index contributed by atoms with van der Waals surface area (Å²) in [5.74, 6) is 4.41. The lowest BCUT2D eigenvalue weighted by Gasteiger charge is -2.30. The highest BCUT2D eigenvalue weighted by Gasteiger charge is 2.41. The first-order valence-electron chi connectivity index (χ1n) is 9.84. The zero-order chi connectivity index (χ0) is 18.8. The van der Waals surface area contributed by atoms with E-state index in [9.17, 15) is 0 Å². The molecule has 0 N–H and O–H groups in total. The van der Waals surface area contributed by atoms with E-state index < -0.39 is 0 Å². The van der Waals surface area contributed by atoms with E-state index in [1.807, 2.05) is 30.6 Å². The van der Waals surface area contributed by atoms with Crippen LogP contribution in [0.2, 0.25) is 0 Å². The molecule has 2 aliphatic heterocycles. The quantitative estimate of drug-likeness (QED) is 0.671. The Bertz CT molecular complexity index is 897.